The topological polar surface area (TPSA) is 64.3 Å². The van der Waals surface area contributed by atoms with E-state index in [2.05, 4.69) is 0 Å². The number of halogens is 1. The Labute approximate surface area is 140 Å². The summed E-state index contributed by atoms with van der Waals surface area (Å²) in [6.07, 6.45) is 0. The van der Waals surface area contributed by atoms with Crippen LogP contribution in [-0.2, 0) is 17.9 Å². The van der Waals surface area contributed by atoms with E-state index in [0.29, 0.717) is 0 Å². The van der Waals surface area contributed by atoms with Crippen LogP contribution in [0.4, 0.5) is 4.39 Å². The summed E-state index contributed by atoms with van der Waals surface area (Å²) in [5, 5.41) is 1.83. The lowest BCUT2D eigenvalue weighted by Crippen LogP contribution is -2.38. The second-order valence-electron chi connectivity index (χ2n) is 4.23. The van der Waals surface area contributed by atoms with Crippen LogP contribution in [0.1, 0.15) is 28.9 Å². The van der Waals surface area contributed by atoms with Gasteiger partial charge in [-0.05, 0) is 42.2 Å². The third-order valence-electron chi connectivity index (χ3n) is 2.54. The smallest absolute Gasteiger partial charge is 0.234 e. The molecule has 1 amide bonds. The highest BCUT2D eigenvalue weighted by atomic mass is 19.1. The minimum absolute atomic E-state index is 0.0216. The summed E-state index contributed by atoms with van der Waals surface area (Å²) in [5.74, 6) is -2.24. The van der Waals surface area contributed by atoms with Crippen LogP contribution in [0.3, 0.4) is 0 Å². The lowest BCUT2D eigenvalue weighted by Gasteiger charge is -2.11. The largest absolute Gasteiger partial charge is 0.489 e. The lowest BCUT2D eigenvalue weighted by molar-refractivity contribution is -0.119. The molecule has 5 heteroatoms. The van der Waals surface area contributed by atoms with Gasteiger partial charge in [-0.3, -0.25) is 4.79 Å². The zero-order valence-corrected chi connectivity index (χ0v) is 11.4. The predicted molar refractivity (Wildman–Crippen MR) is 82.7 cm³/mol. The first kappa shape index (κ1) is 8.29. The normalized spacial score (nSPS) is 20.6. The van der Waals surface area contributed by atoms with E-state index in [1.807, 2.05) is 5.32 Å². The van der Waals surface area contributed by atoms with Crippen LogP contribution in [0.15, 0.2) is 48.5 Å². The zero-order chi connectivity index (χ0) is 23.0. The van der Waals surface area contributed by atoms with Crippen molar-refractivity contribution in [3.05, 3.63) is 65.5 Å². The van der Waals surface area contributed by atoms with E-state index < -0.39 is 37.7 Å². The Morgan fingerprint density at radius 2 is 2.18 bits per heavy atom. The van der Waals surface area contributed by atoms with Gasteiger partial charge in [0.15, 0.2) is 0 Å². The SMILES string of the molecule is [2H]C([2H])(N[C@]([2H])(C(N)=O)C([2H])([2H])[2H])c1ccc(OC([2H])([2H])c2cccc(F)c2)cc1. The molecule has 0 spiro atoms. The Morgan fingerprint density at radius 1 is 1.41 bits per heavy atom. The number of rotatable bonds is 7. The molecule has 0 saturated heterocycles. The van der Waals surface area contributed by atoms with Crippen molar-refractivity contribution >= 4 is 5.91 Å². The van der Waals surface area contributed by atoms with Gasteiger partial charge in [-0.15, -0.1) is 0 Å². The molecule has 0 radical (unpaired) electrons. The molecule has 0 aliphatic heterocycles. The van der Waals surface area contributed by atoms with Gasteiger partial charge >= 0.3 is 0 Å². The molecule has 0 fully saturated rings. The maximum Gasteiger partial charge on any atom is 0.234 e. The molecule has 0 heterocycles. The van der Waals surface area contributed by atoms with Crippen LogP contribution in [-0.4, -0.2) is 11.9 Å². The van der Waals surface area contributed by atoms with Crippen molar-refractivity contribution in [3.63, 3.8) is 0 Å². The fourth-order valence-corrected chi connectivity index (χ4v) is 1.47. The maximum atomic E-state index is 13.3. The van der Waals surface area contributed by atoms with Gasteiger partial charge in [-0.1, -0.05) is 24.3 Å². The van der Waals surface area contributed by atoms with Gasteiger partial charge in [-0.25, -0.2) is 4.39 Å². The van der Waals surface area contributed by atoms with E-state index >= 15 is 0 Å². The van der Waals surface area contributed by atoms with Gasteiger partial charge in [0.1, 0.15) is 18.1 Å². The average molecular weight is 310 g/mol. The molecule has 0 aliphatic rings. The molecular weight excluding hydrogens is 283 g/mol. The van der Waals surface area contributed by atoms with Crippen molar-refractivity contribution in [2.75, 3.05) is 0 Å². The first-order chi connectivity index (χ1) is 13.6. The van der Waals surface area contributed by atoms with Crippen LogP contribution in [0, 0.1) is 5.82 Å². The number of carbonyl (C=O) groups excluding carboxylic acids is 1. The van der Waals surface area contributed by atoms with Crippen molar-refractivity contribution < 1.29 is 24.9 Å². The van der Waals surface area contributed by atoms with Crippen molar-refractivity contribution in [2.24, 2.45) is 5.73 Å². The Bertz CT molecular complexity index is 921. The number of ether oxygens (including phenoxy) is 1. The van der Waals surface area contributed by atoms with E-state index in [1.165, 1.54) is 24.3 Å². The number of primary amides is 1. The molecular formula is C17H19FN2O2. The quantitative estimate of drug-likeness (QED) is 0.825. The third-order valence-corrected chi connectivity index (χ3v) is 2.54. The van der Waals surface area contributed by atoms with E-state index in [-0.39, 0.29) is 16.9 Å². The summed E-state index contributed by atoms with van der Waals surface area (Å²) in [5.41, 5.74) is 4.77. The first-order valence-corrected chi connectivity index (χ1v) is 6.23. The summed E-state index contributed by atoms with van der Waals surface area (Å²) in [7, 11) is 0. The fourth-order valence-electron chi connectivity index (χ4n) is 1.47. The lowest BCUT2D eigenvalue weighted by atomic mass is 10.2. The first-order valence-electron chi connectivity index (χ1n) is 10.2. The molecule has 0 bridgehead atoms. The van der Waals surface area contributed by atoms with Crippen molar-refractivity contribution in [2.45, 2.75) is 25.9 Å². The number of nitrogens with two attached hydrogens (primary N) is 1. The molecule has 4 nitrogen and oxygen atoms in total. The van der Waals surface area contributed by atoms with Gasteiger partial charge in [0.05, 0.1) is 10.1 Å². The van der Waals surface area contributed by atoms with Crippen molar-refractivity contribution in [1.82, 2.24) is 5.32 Å². The van der Waals surface area contributed by atoms with Gasteiger partial charge < -0.3 is 15.8 Å². The summed E-state index contributed by atoms with van der Waals surface area (Å²) in [6.45, 7) is -8.27. The maximum absolute atomic E-state index is 13.3. The number of amides is 1. The van der Waals surface area contributed by atoms with Crippen LogP contribution >= 0.6 is 0 Å². The van der Waals surface area contributed by atoms with Crippen LogP contribution < -0.4 is 15.8 Å². The van der Waals surface area contributed by atoms with Crippen molar-refractivity contribution in [3.8, 4) is 5.75 Å². The Kier molecular flexibility index (Phi) is 2.85. The van der Waals surface area contributed by atoms with Gasteiger partial charge in [0.25, 0.3) is 0 Å². The molecule has 0 unspecified atom stereocenters. The van der Waals surface area contributed by atoms with Crippen LogP contribution in [0.25, 0.3) is 0 Å². The monoisotopic (exact) mass is 310 g/mol. The number of hydrogen-bond acceptors (Lipinski definition) is 3. The Hall–Kier alpha value is -2.40. The van der Waals surface area contributed by atoms with Crippen LogP contribution in [0.5, 0.6) is 5.75 Å². The minimum Gasteiger partial charge on any atom is -0.489 e. The molecule has 3 N–H and O–H groups in total. The van der Waals surface area contributed by atoms with E-state index in [1.54, 1.807) is 0 Å². The van der Waals surface area contributed by atoms with E-state index in [4.69, 9.17) is 21.4 Å². The second-order valence-corrected chi connectivity index (χ2v) is 4.23. The Balaban J connectivity index is 2.24. The number of hydrogen-bond donors (Lipinski definition) is 2. The van der Waals surface area contributed by atoms with E-state index in [0.717, 1.165) is 24.3 Å². The summed E-state index contributed by atoms with van der Waals surface area (Å²) in [4.78, 5) is 11.5. The minimum atomic E-state index is -3.24. The molecule has 1 atom stereocenters. The molecule has 0 aromatic heterocycles. The number of benzene rings is 2. The molecule has 0 saturated carbocycles. The third kappa shape index (κ3) is 4.86. The summed E-state index contributed by atoms with van der Waals surface area (Å²) in [6, 6.07) is 6.44. The van der Waals surface area contributed by atoms with E-state index in [9.17, 15) is 9.18 Å². The highest BCUT2D eigenvalue weighted by Crippen LogP contribution is 2.14. The predicted octanol–water partition coefficient (Wildman–Crippen LogP) is 2.37. The average Bonchev–Trinajstić information content (AvgIpc) is 2.60. The van der Waals surface area contributed by atoms with Crippen molar-refractivity contribution in [1.29, 1.82) is 0 Å². The standard InChI is InChI=1S/C17H19FN2O2/c1-12(17(19)21)20-10-13-5-7-16(8-6-13)22-11-14-3-2-4-15(18)9-14/h2-9,12,20H,10-11H2,1H3,(H2,19,21)/t12-/m0/s1/i1D3,10D2,11D2,12D. The fraction of sp³-hybridized carbons (Fsp3) is 0.235. The molecule has 2 aromatic carbocycles. The van der Waals surface area contributed by atoms with Crippen LogP contribution in [0.2, 0.25) is 0 Å². The summed E-state index contributed by atoms with van der Waals surface area (Å²) >= 11 is 0. The molecule has 2 rings (SSSR count). The molecule has 22 heavy (non-hydrogen) atoms. The zero-order valence-electron chi connectivity index (χ0n) is 19.4. The van der Waals surface area contributed by atoms with Gasteiger partial charge in [-0.2, -0.15) is 0 Å². The molecule has 2 aromatic rings. The highest BCUT2D eigenvalue weighted by Gasteiger charge is 2.07. The highest BCUT2D eigenvalue weighted by molar-refractivity contribution is 5.79. The number of nitrogens with one attached hydrogen (secondary N) is 1. The summed E-state index contributed by atoms with van der Waals surface area (Å²) < 4.78 is 80.3. The molecule has 0 aliphatic carbocycles. The second kappa shape index (κ2) is 7.56. The van der Waals surface area contributed by atoms with Gasteiger partial charge in [0, 0.05) is 13.4 Å². The number of carbonyl (C=O) groups is 1. The molecule has 116 valence electrons. The van der Waals surface area contributed by atoms with Gasteiger partial charge in [0.2, 0.25) is 5.91 Å². The Morgan fingerprint density at radius 3 is 2.82 bits per heavy atom.